The summed E-state index contributed by atoms with van der Waals surface area (Å²) in [5.41, 5.74) is 36.2. The number of hydrogen-bond donors (Lipinski definition) is 4. The Hall–Kier alpha value is -11.2. The van der Waals surface area contributed by atoms with Crippen molar-refractivity contribution in [3.05, 3.63) is 272 Å². The zero-order chi connectivity index (χ0) is 65.3. The largest absolute Gasteiger partial charge is 0.355 e. The van der Waals surface area contributed by atoms with E-state index in [9.17, 15) is 0 Å². The minimum absolute atomic E-state index is 0.855. The summed E-state index contributed by atoms with van der Waals surface area (Å²) in [5.74, 6) is 7.00. The number of thioether (sulfide) groups is 2. The van der Waals surface area contributed by atoms with E-state index in [-0.39, 0.29) is 0 Å². The van der Waals surface area contributed by atoms with Gasteiger partial charge in [0.05, 0.1) is 45.6 Å². The van der Waals surface area contributed by atoms with Gasteiger partial charge >= 0.3 is 0 Å². The van der Waals surface area contributed by atoms with Gasteiger partial charge in [0, 0.05) is 98.4 Å². The van der Waals surface area contributed by atoms with Crippen LogP contribution in [-0.4, -0.2) is 52.4 Å². The lowest BCUT2D eigenvalue weighted by atomic mass is 9.92. The topological polar surface area (TPSA) is 115 Å². The van der Waals surface area contributed by atoms with E-state index in [1.165, 1.54) is 37.6 Å². The van der Waals surface area contributed by atoms with Crippen molar-refractivity contribution in [2.75, 3.05) is 12.5 Å². The quantitative estimate of drug-likeness (QED) is 0.0890. The van der Waals surface area contributed by atoms with E-state index < -0.39 is 0 Å². The van der Waals surface area contributed by atoms with E-state index in [0.29, 0.717) is 0 Å². The molecule has 6 aromatic heterocycles. The molecule has 8 nitrogen and oxygen atoms in total. The summed E-state index contributed by atoms with van der Waals surface area (Å²) < 4.78 is 0. The number of fused-ring (bicyclic) bond motifs is 16. The van der Waals surface area contributed by atoms with Gasteiger partial charge in [0.15, 0.2) is 0 Å². The Kier molecular flexibility index (Phi) is 15.3. The molecule has 0 spiro atoms. The maximum Gasteiger partial charge on any atom is 0.0737 e. The number of H-pyrrole nitrogens is 4. The van der Waals surface area contributed by atoms with Crippen molar-refractivity contribution >= 4 is 116 Å². The Morgan fingerprint density at radius 2 is 0.521 bits per heavy atom. The molecular formula is C86H66N8S2. The number of nitrogens with one attached hydrogen (secondary N) is 4. The molecule has 4 aliphatic rings. The van der Waals surface area contributed by atoms with Crippen LogP contribution in [0, 0.1) is 53.4 Å². The smallest absolute Gasteiger partial charge is 0.0737 e. The summed E-state index contributed by atoms with van der Waals surface area (Å²) in [6, 6.07) is 65.3. The fourth-order valence-electron chi connectivity index (χ4n) is 13.9. The molecular weight excluding hydrogens is 1210 g/mol. The molecule has 16 bridgehead atoms. The zero-order valence-electron chi connectivity index (χ0n) is 54.5. The summed E-state index contributed by atoms with van der Waals surface area (Å²) in [4.78, 5) is 39.7. The van der Waals surface area contributed by atoms with Gasteiger partial charge < -0.3 is 19.9 Å². The molecule has 96 heavy (non-hydrogen) atoms. The van der Waals surface area contributed by atoms with Gasteiger partial charge in [-0.25, -0.2) is 19.9 Å². The average Bonchev–Trinajstić information content (AvgIpc) is 1.60. The molecule has 0 atom stereocenters. The maximum atomic E-state index is 5.55. The molecule has 462 valence electrons. The summed E-state index contributed by atoms with van der Waals surface area (Å²) in [6.45, 7) is 13.0. The lowest BCUT2D eigenvalue weighted by Gasteiger charge is -2.13. The maximum absolute atomic E-state index is 5.55. The highest BCUT2D eigenvalue weighted by Gasteiger charge is 2.22. The second-order valence-electron chi connectivity index (χ2n) is 25.0. The third-order valence-corrected chi connectivity index (χ3v) is 20.2. The first-order valence-corrected chi connectivity index (χ1v) is 34.8. The Labute approximate surface area is 566 Å². The van der Waals surface area contributed by atoms with E-state index in [2.05, 4.69) is 316 Å². The zero-order valence-corrected chi connectivity index (χ0v) is 56.2. The Bertz CT molecular complexity index is 5740. The van der Waals surface area contributed by atoms with Gasteiger partial charge in [0.1, 0.15) is 0 Å². The SMILES string of the molecule is CSc1ccc(-c2c3nc(c(-c4ccc(C#Cc5ccc(-c6c7nc(c(C)c8ccc([nH]8)c(-c8c(C)cc(C)cc8C)c8nc(c(-c9ccc(SC)cc9)c9ccc6[nH]9)C=C8)C=C7)cc5)cc4)c4ccc([nH]4)c(C)c4nc(c(-c5ccc(C)cc5)c5ccc2[nH]5)C=C4)C=C3)cc1. The first-order valence-electron chi connectivity index (χ1n) is 32.3. The molecule has 0 amide bonds. The standard InChI is InChI=1S/C86H66N8S2/c1-49-9-17-57(18-10-49)81-68-35-31-64(87-68)53(5)65-32-36-69(88-65)82(72-40-43-75(92-72)84(74-42-39-71(81)91-74)60-23-27-62(95-7)28-24-60)58-19-13-55(14-20-58)11-12-56-15-21-59(22-16-56)83-70-37-33-66(89-70)54(6)67-34-38-78(90-67)86(80-51(3)47-50(2)48-52(80)4)79-46-45-77(94-79)85(76-44-41-73(83)93-76)61-25-29-63(96-8)30-26-61/h9-10,13-48,88,90-91,93H,1-8H3. The number of aromatic amines is 4. The third kappa shape index (κ3) is 11.1. The predicted molar refractivity (Wildman–Crippen MR) is 408 cm³/mol. The van der Waals surface area contributed by atoms with Crippen molar-refractivity contribution in [2.45, 2.75) is 51.3 Å². The molecule has 10 heterocycles. The lowest BCUT2D eigenvalue weighted by Crippen LogP contribution is -1.94. The van der Waals surface area contributed by atoms with Crippen LogP contribution in [0.15, 0.2) is 192 Å². The highest BCUT2D eigenvalue weighted by atomic mass is 32.2. The molecule has 0 fully saturated rings. The summed E-state index contributed by atoms with van der Waals surface area (Å²) in [7, 11) is 0. The minimum atomic E-state index is 0.855. The van der Waals surface area contributed by atoms with Crippen molar-refractivity contribution in [3.8, 4) is 78.6 Å². The van der Waals surface area contributed by atoms with Gasteiger partial charge in [-0.05, 0) is 255 Å². The van der Waals surface area contributed by atoms with Crippen molar-refractivity contribution < 1.29 is 0 Å². The molecule has 16 rings (SSSR count). The van der Waals surface area contributed by atoms with Crippen LogP contribution in [0.2, 0.25) is 0 Å². The molecule has 0 unspecified atom stereocenters. The van der Waals surface area contributed by atoms with Crippen LogP contribution in [0.4, 0.5) is 0 Å². The predicted octanol–water partition coefficient (Wildman–Crippen LogP) is 22.3. The van der Waals surface area contributed by atoms with Gasteiger partial charge in [-0.2, -0.15) is 0 Å². The molecule has 12 aromatic rings. The van der Waals surface area contributed by atoms with Crippen molar-refractivity contribution in [1.82, 2.24) is 39.9 Å². The molecule has 0 saturated heterocycles. The summed E-state index contributed by atoms with van der Waals surface area (Å²) in [5, 5.41) is 0. The van der Waals surface area contributed by atoms with E-state index in [1.807, 2.05) is 0 Å². The summed E-state index contributed by atoms with van der Waals surface area (Å²) in [6.07, 6.45) is 21.4. The van der Waals surface area contributed by atoms with E-state index in [4.69, 9.17) is 19.9 Å². The second-order valence-corrected chi connectivity index (χ2v) is 26.8. The van der Waals surface area contributed by atoms with Crippen molar-refractivity contribution in [2.24, 2.45) is 0 Å². The van der Waals surface area contributed by atoms with Crippen LogP contribution in [0.3, 0.4) is 0 Å². The molecule has 10 heteroatoms. The van der Waals surface area contributed by atoms with Crippen molar-refractivity contribution in [1.29, 1.82) is 0 Å². The van der Waals surface area contributed by atoms with Gasteiger partial charge in [-0.3, -0.25) is 0 Å². The highest BCUT2D eigenvalue weighted by Crippen LogP contribution is 2.42. The normalized spacial score (nSPS) is 12.2. The van der Waals surface area contributed by atoms with Gasteiger partial charge in [-0.1, -0.05) is 108 Å². The van der Waals surface area contributed by atoms with E-state index in [0.717, 1.165) is 173 Å². The van der Waals surface area contributed by atoms with E-state index in [1.54, 1.807) is 23.5 Å². The Balaban J connectivity index is 0.795. The number of benzene rings is 6. The van der Waals surface area contributed by atoms with Gasteiger partial charge in [0.25, 0.3) is 0 Å². The van der Waals surface area contributed by atoms with Crippen LogP contribution in [0.25, 0.3) is 160 Å². The van der Waals surface area contributed by atoms with Crippen LogP contribution < -0.4 is 0 Å². The third-order valence-electron chi connectivity index (χ3n) is 18.8. The Morgan fingerprint density at radius 1 is 0.260 bits per heavy atom. The fraction of sp³-hybridized carbons (Fsp3) is 0.0930. The first kappa shape index (κ1) is 59.8. The van der Waals surface area contributed by atoms with Crippen LogP contribution in [0.1, 0.15) is 90.1 Å². The molecule has 0 aliphatic carbocycles. The van der Waals surface area contributed by atoms with Crippen LogP contribution in [0.5, 0.6) is 0 Å². The first-order chi connectivity index (χ1) is 46.9. The molecule has 0 radical (unpaired) electrons. The monoisotopic (exact) mass is 1270 g/mol. The van der Waals surface area contributed by atoms with Gasteiger partial charge in [-0.15, -0.1) is 23.5 Å². The number of nitrogens with zero attached hydrogens (tertiary/aromatic N) is 4. The average molecular weight is 1280 g/mol. The van der Waals surface area contributed by atoms with Crippen LogP contribution >= 0.6 is 23.5 Å². The fourth-order valence-corrected chi connectivity index (χ4v) is 14.7. The number of hydrogen-bond acceptors (Lipinski definition) is 6. The molecule has 4 aliphatic heterocycles. The van der Waals surface area contributed by atoms with Crippen LogP contribution in [-0.2, 0) is 0 Å². The number of aryl methyl sites for hydroxylation is 6. The second kappa shape index (κ2) is 24.6. The lowest BCUT2D eigenvalue weighted by molar-refractivity contribution is 1.27. The molecule has 6 aromatic carbocycles. The summed E-state index contributed by atoms with van der Waals surface area (Å²) >= 11 is 3.47. The Morgan fingerprint density at radius 3 is 0.854 bits per heavy atom. The molecule has 0 saturated carbocycles. The highest BCUT2D eigenvalue weighted by molar-refractivity contribution is 7.98. The van der Waals surface area contributed by atoms with E-state index >= 15 is 0 Å². The number of aromatic nitrogens is 8. The van der Waals surface area contributed by atoms with Crippen molar-refractivity contribution in [3.63, 3.8) is 0 Å². The van der Waals surface area contributed by atoms with Gasteiger partial charge in [0.2, 0.25) is 0 Å². The molecule has 4 N–H and O–H groups in total. The minimum Gasteiger partial charge on any atom is -0.355 e. The number of rotatable bonds is 8.